The van der Waals surface area contributed by atoms with E-state index in [1.54, 1.807) is 18.2 Å². The van der Waals surface area contributed by atoms with Gasteiger partial charge < -0.3 is 15.4 Å². The first-order valence-corrected chi connectivity index (χ1v) is 8.78. The molecule has 0 fully saturated rings. The molecule has 6 heteroatoms. The van der Waals surface area contributed by atoms with E-state index in [4.69, 9.17) is 4.74 Å². The number of nitrogens with zero attached hydrogens (tertiary/aromatic N) is 2. The van der Waals surface area contributed by atoms with Crippen LogP contribution < -0.4 is 20.4 Å². The van der Waals surface area contributed by atoms with Crippen LogP contribution in [0.25, 0.3) is 5.57 Å². The highest BCUT2D eigenvalue weighted by molar-refractivity contribution is 6.11. The summed E-state index contributed by atoms with van der Waals surface area (Å²) in [4.78, 5) is 11.2. The number of methoxy groups -OCH3 is 1. The largest absolute Gasteiger partial charge is 0.494 e. The number of carbonyl (C=O) groups is 1. The number of quaternary nitrogens is 1. The lowest BCUT2D eigenvalue weighted by atomic mass is 10.0. The standard InChI is InChI=1S/C21H26N4O2/c1-6-16(18-9-7-8-10-19(18)22-3)14-23-25(4)20-12-11-17(24-15(2)26)13-21(20)27-5/h6-14,22H,1-5H3,(H,24,26)/p+1/b16-6-,23-14-. The number of hydrazone groups is 1. The molecule has 0 atom stereocenters. The molecule has 2 aromatic rings. The maximum absolute atomic E-state index is 11.2. The van der Waals surface area contributed by atoms with Crippen LogP contribution in [-0.2, 0) is 4.79 Å². The maximum Gasteiger partial charge on any atom is 0.221 e. The lowest BCUT2D eigenvalue weighted by Crippen LogP contribution is -2.73. The van der Waals surface area contributed by atoms with Gasteiger partial charge in [0.1, 0.15) is 17.1 Å². The van der Waals surface area contributed by atoms with Gasteiger partial charge in [-0.1, -0.05) is 18.2 Å². The molecule has 0 radical (unpaired) electrons. The van der Waals surface area contributed by atoms with Crippen molar-refractivity contribution in [3.8, 4) is 5.75 Å². The van der Waals surface area contributed by atoms with Gasteiger partial charge >= 0.3 is 0 Å². The van der Waals surface area contributed by atoms with E-state index in [0.717, 1.165) is 22.5 Å². The fraction of sp³-hybridized carbons (Fsp3) is 0.238. The number of hydrogen-bond acceptors (Lipinski definition) is 4. The summed E-state index contributed by atoms with van der Waals surface area (Å²) in [6.07, 6.45) is 3.88. The number of para-hydroxylation sites is 1. The molecule has 142 valence electrons. The zero-order valence-corrected chi connectivity index (χ0v) is 16.5. The highest BCUT2D eigenvalue weighted by Gasteiger charge is 2.11. The van der Waals surface area contributed by atoms with Crippen molar-refractivity contribution < 1.29 is 14.8 Å². The molecule has 2 rings (SSSR count). The predicted octanol–water partition coefficient (Wildman–Crippen LogP) is 3.00. The molecule has 0 unspecified atom stereocenters. The van der Waals surface area contributed by atoms with Gasteiger partial charge in [0, 0.05) is 36.9 Å². The van der Waals surface area contributed by atoms with E-state index in [9.17, 15) is 4.79 Å². The van der Waals surface area contributed by atoms with E-state index in [1.807, 2.05) is 57.6 Å². The van der Waals surface area contributed by atoms with Crippen LogP contribution in [0.15, 0.2) is 53.6 Å². The lowest BCUT2D eigenvalue weighted by Gasteiger charge is -2.18. The van der Waals surface area contributed by atoms with Crippen LogP contribution >= 0.6 is 0 Å². The number of nitrogens with one attached hydrogen (secondary N) is 1. The molecule has 0 aliphatic rings. The van der Waals surface area contributed by atoms with Crippen LogP contribution in [0, 0.1) is 0 Å². The molecular weight excluding hydrogens is 340 g/mol. The van der Waals surface area contributed by atoms with Crippen LogP contribution in [0.1, 0.15) is 19.4 Å². The molecule has 1 amide bonds. The molecule has 0 aromatic heterocycles. The van der Waals surface area contributed by atoms with E-state index in [2.05, 4.69) is 27.9 Å². The first-order chi connectivity index (χ1) is 13.0. The van der Waals surface area contributed by atoms with Crippen LogP contribution in [0.2, 0.25) is 0 Å². The van der Waals surface area contributed by atoms with E-state index in [0.29, 0.717) is 11.4 Å². The van der Waals surface area contributed by atoms with Crippen LogP contribution in [0.3, 0.4) is 0 Å². The van der Waals surface area contributed by atoms with Gasteiger partial charge in [-0.05, 0) is 31.2 Å². The molecule has 0 aliphatic heterocycles. The van der Waals surface area contributed by atoms with Crippen molar-refractivity contribution in [3.05, 3.63) is 54.1 Å². The first-order valence-electron chi connectivity index (χ1n) is 8.78. The summed E-state index contributed by atoms with van der Waals surface area (Å²) in [6.45, 7) is 3.47. The second kappa shape index (κ2) is 9.54. The molecule has 2 aromatic carbocycles. The molecule has 0 bridgehead atoms. The Morgan fingerprint density at radius 2 is 2.00 bits per heavy atom. The Kier molecular flexibility index (Phi) is 7.14. The Morgan fingerprint density at radius 1 is 1.26 bits per heavy atom. The van der Waals surface area contributed by atoms with Gasteiger partial charge in [0.05, 0.1) is 20.4 Å². The van der Waals surface area contributed by atoms with Crippen molar-refractivity contribution in [3.63, 3.8) is 0 Å². The van der Waals surface area contributed by atoms with Crippen molar-refractivity contribution in [1.29, 1.82) is 0 Å². The van der Waals surface area contributed by atoms with E-state index < -0.39 is 0 Å². The van der Waals surface area contributed by atoms with Gasteiger partial charge in [-0.3, -0.25) is 9.80 Å². The summed E-state index contributed by atoms with van der Waals surface area (Å²) < 4.78 is 5.46. The minimum atomic E-state index is -0.125. The number of nitrogens with two attached hydrogens (primary N) is 1. The lowest BCUT2D eigenvalue weighted by molar-refractivity contribution is -0.539. The van der Waals surface area contributed by atoms with Gasteiger partial charge in [-0.2, -0.15) is 5.10 Å². The third-order valence-corrected chi connectivity index (χ3v) is 4.11. The van der Waals surface area contributed by atoms with Crippen molar-refractivity contribution in [1.82, 2.24) is 0 Å². The smallest absolute Gasteiger partial charge is 0.221 e. The average molecular weight is 367 g/mol. The normalized spacial score (nSPS) is 11.5. The van der Waals surface area contributed by atoms with Crippen LogP contribution in [-0.4, -0.2) is 33.3 Å². The Balaban J connectivity index is 2.27. The van der Waals surface area contributed by atoms with Gasteiger partial charge in [0.25, 0.3) is 0 Å². The molecule has 0 saturated heterocycles. The third kappa shape index (κ3) is 5.18. The average Bonchev–Trinajstić information content (AvgIpc) is 2.68. The highest BCUT2D eigenvalue weighted by atomic mass is 16.5. The number of carbonyl (C=O) groups excluding carboxylic acids is 1. The Labute approximate surface area is 160 Å². The number of amides is 1. The molecule has 0 heterocycles. The molecule has 0 saturated carbocycles. The van der Waals surface area contributed by atoms with Crippen molar-refractivity contribution >= 4 is 34.8 Å². The number of allylic oxidation sites excluding steroid dienone is 2. The minimum Gasteiger partial charge on any atom is -0.494 e. The Bertz CT molecular complexity index is 859. The number of ether oxygens (including phenoxy) is 1. The maximum atomic E-state index is 11.2. The minimum absolute atomic E-state index is 0.125. The summed E-state index contributed by atoms with van der Waals surface area (Å²) in [7, 11) is 5.48. The Morgan fingerprint density at radius 3 is 2.63 bits per heavy atom. The van der Waals surface area contributed by atoms with Gasteiger partial charge in [-0.15, -0.1) is 0 Å². The van der Waals surface area contributed by atoms with Gasteiger partial charge in [0.2, 0.25) is 5.91 Å². The van der Waals surface area contributed by atoms with Crippen molar-refractivity contribution in [2.75, 3.05) is 31.5 Å². The summed E-state index contributed by atoms with van der Waals surface area (Å²) >= 11 is 0. The zero-order valence-electron chi connectivity index (χ0n) is 16.5. The molecular formula is C21H27N4O2+. The summed E-state index contributed by atoms with van der Waals surface area (Å²) in [5.41, 5.74) is 4.81. The third-order valence-electron chi connectivity index (χ3n) is 4.11. The van der Waals surface area contributed by atoms with Gasteiger partial charge in [0.15, 0.2) is 0 Å². The quantitative estimate of drug-likeness (QED) is 0.449. The summed E-state index contributed by atoms with van der Waals surface area (Å²) in [5.74, 6) is 0.505. The Hall–Kier alpha value is -3.12. The van der Waals surface area contributed by atoms with Crippen molar-refractivity contribution in [2.24, 2.45) is 5.10 Å². The fourth-order valence-corrected chi connectivity index (χ4v) is 2.75. The molecule has 0 spiro atoms. The number of rotatable bonds is 7. The number of anilines is 2. The van der Waals surface area contributed by atoms with E-state index >= 15 is 0 Å². The van der Waals surface area contributed by atoms with Crippen LogP contribution in [0.4, 0.5) is 17.1 Å². The first kappa shape index (κ1) is 20.2. The molecule has 27 heavy (non-hydrogen) atoms. The van der Waals surface area contributed by atoms with Gasteiger partial charge in [-0.25, -0.2) is 0 Å². The molecule has 3 N–H and O–H groups in total. The molecule has 6 nitrogen and oxygen atoms in total. The highest BCUT2D eigenvalue weighted by Crippen LogP contribution is 2.31. The SMILES string of the molecule is C/C=C(/C=N\N(C)c1ccc(NC(C)=O)cc1OC)c1ccccc1[NH2+]C. The number of benzene rings is 2. The van der Waals surface area contributed by atoms with E-state index in [-0.39, 0.29) is 5.91 Å². The monoisotopic (exact) mass is 367 g/mol. The summed E-state index contributed by atoms with van der Waals surface area (Å²) in [5, 5.41) is 11.2. The zero-order chi connectivity index (χ0) is 19.8. The topological polar surface area (TPSA) is 70.5 Å². The predicted molar refractivity (Wildman–Crippen MR) is 112 cm³/mol. The second-order valence-electron chi connectivity index (χ2n) is 5.96. The second-order valence-corrected chi connectivity index (χ2v) is 5.96. The fourth-order valence-electron chi connectivity index (χ4n) is 2.75. The van der Waals surface area contributed by atoms with E-state index in [1.165, 1.54) is 6.92 Å². The number of hydrogen-bond donors (Lipinski definition) is 2. The summed E-state index contributed by atoms with van der Waals surface area (Å²) in [6, 6.07) is 13.7. The van der Waals surface area contributed by atoms with Crippen LogP contribution in [0.5, 0.6) is 5.75 Å². The molecule has 0 aliphatic carbocycles. The van der Waals surface area contributed by atoms with Crippen molar-refractivity contribution in [2.45, 2.75) is 13.8 Å².